The van der Waals surface area contributed by atoms with Gasteiger partial charge in [0.15, 0.2) is 0 Å². The Labute approximate surface area is 134 Å². The van der Waals surface area contributed by atoms with Gasteiger partial charge in [-0.25, -0.2) is 0 Å². The normalized spacial score (nSPS) is 16.6. The largest absolute Gasteiger partial charge is 0.0622 e. The van der Waals surface area contributed by atoms with Crippen LogP contribution in [0.1, 0.15) is 55.7 Å². The smallest absolute Gasteiger partial charge is 0.0117 e. The molecule has 0 unspecified atom stereocenters. The van der Waals surface area contributed by atoms with Crippen LogP contribution in [0, 0.1) is 12.8 Å². The molecule has 0 aromatic heterocycles. The fourth-order valence-electron chi connectivity index (χ4n) is 3.81. The van der Waals surface area contributed by atoms with Crippen molar-refractivity contribution in [1.82, 2.24) is 0 Å². The maximum absolute atomic E-state index is 2.32. The summed E-state index contributed by atoms with van der Waals surface area (Å²) >= 11 is 0. The Morgan fingerprint density at radius 1 is 0.864 bits per heavy atom. The van der Waals surface area contributed by atoms with E-state index in [0.29, 0.717) is 0 Å². The van der Waals surface area contributed by atoms with Crippen molar-refractivity contribution < 1.29 is 0 Å². The SMILES string of the molecule is CC/C(=C(/c1ccccc1)c1ccc(C)cc1)C1CCCC1. The van der Waals surface area contributed by atoms with Crippen molar-refractivity contribution in [3.8, 4) is 0 Å². The lowest BCUT2D eigenvalue weighted by molar-refractivity contribution is 0.623. The van der Waals surface area contributed by atoms with E-state index in [2.05, 4.69) is 68.4 Å². The van der Waals surface area contributed by atoms with Gasteiger partial charge in [0.2, 0.25) is 0 Å². The first kappa shape index (κ1) is 15.1. The molecule has 1 aliphatic rings. The number of rotatable bonds is 4. The lowest BCUT2D eigenvalue weighted by Crippen LogP contribution is -2.03. The van der Waals surface area contributed by atoms with Gasteiger partial charge in [-0.3, -0.25) is 0 Å². The van der Waals surface area contributed by atoms with E-state index in [-0.39, 0.29) is 0 Å². The second kappa shape index (κ2) is 6.96. The van der Waals surface area contributed by atoms with Gasteiger partial charge in [0, 0.05) is 0 Å². The Bertz CT molecular complexity index is 625. The molecule has 2 aromatic rings. The van der Waals surface area contributed by atoms with Crippen molar-refractivity contribution in [2.24, 2.45) is 5.92 Å². The third kappa shape index (κ3) is 3.16. The van der Waals surface area contributed by atoms with E-state index in [0.717, 1.165) is 12.3 Å². The van der Waals surface area contributed by atoms with Gasteiger partial charge in [0.1, 0.15) is 0 Å². The quantitative estimate of drug-likeness (QED) is 0.611. The second-order valence-electron chi connectivity index (χ2n) is 6.47. The van der Waals surface area contributed by atoms with Crippen molar-refractivity contribution in [2.45, 2.75) is 46.0 Å². The highest BCUT2D eigenvalue weighted by Crippen LogP contribution is 2.39. The Kier molecular flexibility index (Phi) is 4.77. The molecule has 0 heterocycles. The predicted octanol–water partition coefficient (Wildman–Crippen LogP) is 6.40. The van der Waals surface area contributed by atoms with E-state index in [9.17, 15) is 0 Å². The molecule has 0 bridgehead atoms. The molecule has 1 fully saturated rings. The van der Waals surface area contributed by atoms with E-state index in [4.69, 9.17) is 0 Å². The standard InChI is InChI=1S/C22H26/c1-3-21(18-9-7-8-10-18)22(19-11-5-4-6-12-19)20-15-13-17(2)14-16-20/h4-6,11-16,18H,3,7-10H2,1-2H3/b22-21+. The highest BCUT2D eigenvalue weighted by Gasteiger charge is 2.22. The maximum atomic E-state index is 2.32. The van der Waals surface area contributed by atoms with Crippen LogP contribution in [0.15, 0.2) is 60.2 Å². The van der Waals surface area contributed by atoms with E-state index in [1.54, 1.807) is 5.57 Å². The minimum atomic E-state index is 0.779. The number of benzene rings is 2. The van der Waals surface area contributed by atoms with Gasteiger partial charge in [-0.05, 0) is 48.8 Å². The molecule has 0 heteroatoms. The van der Waals surface area contributed by atoms with Gasteiger partial charge in [-0.15, -0.1) is 0 Å². The Morgan fingerprint density at radius 2 is 1.45 bits per heavy atom. The zero-order chi connectivity index (χ0) is 15.4. The van der Waals surface area contributed by atoms with Crippen molar-refractivity contribution in [1.29, 1.82) is 0 Å². The van der Waals surface area contributed by atoms with Crippen LogP contribution in [0.4, 0.5) is 0 Å². The minimum Gasteiger partial charge on any atom is -0.0622 e. The monoisotopic (exact) mass is 290 g/mol. The summed E-state index contributed by atoms with van der Waals surface area (Å²) in [6.07, 6.45) is 6.67. The van der Waals surface area contributed by atoms with Crippen LogP contribution in [-0.4, -0.2) is 0 Å². The first-order valence-electron chi connectivity index (χ1n) is 8.65. The summed E-state index contributed by atoms with van der Waals surface area (Å²) in [5, 5.41) is 0. The molecule has 3 rings (SSSR count). The van der Waals surface area contributed by atoms with Gasteiger partial charge in [0.05, 0.1) is 0 Å². The van der Waals surface area contributed by atoms with Crippen LogP contribution >= 0.6 is 0 Å². The molecule has 1 aliphatic carbocycles. The van der Waals surface area contributed by atoms with Gasteiger partial charge < -0.3 is 0 Å². The minimum absolute atomic E-state index is 0.779. The topological polar surface area (TPSA) is 0 Å². The molecule has 0 radical (unpaired) electrons. The van der Waals surface area contributed by atoms with Gasteiger partial charge in [-0.2, -0.15) is 0 Å². The summed E-state index contributed by atoms with van der Waals surface area (Å²) in [7, 11) is 0. The Morgan fingerprint density at radius 3 is 2.05 bits per heavy atom. The van der Waals surface area contributed by atoms with E-state index < -0.39 is 0 Å². The number of aryl methyl sites for hydroxylation is 1. The zero-order valence-corrected chi connectivity index (χ0v) is 13.8. The maximum Gasteiger partial charge on any atom is -0.0117 e. The van der Waals surface area contributed by atoms with Crippen LogP contribution < -0.4 is 0 Å². The molecule has 0 N–H and O–H groups in total. The molecule has 0 atom stereocenters. The predicted molar refractivity (Wildman–Crippen MR) is 95.9 cm³/mol. The third-order valence-corrected chi connectivity index (χ3v) is 4.95. The number of hydrogen-bond acceptors (Lipinski definition) is 0. The van der Waals surface area contributed by atoms with Gasteiger partial charge >= 0.3 is 0 Å². The third-order valence-electron chi connectivity index (χ3n) is 4.95. The number of allylic oxidation sites excluding steroid dienone is 1. The summed E-state index contributed by atoms with van der Waals surface area (Å²) in [5.74, 6) is 0.779. The first-order chi connectivity index (χ1) is 10.8. The Hall–Kier alpha value is -1.82. The van der Waals surface area contributed by atoms with Gasteiger partial charge in [0.25, 0.3) is 0 Å². The molecule has 0 saturated heterocycles. The van der Waals surface area contributed by atoms with E-state index in [1.807, 2.05) is 0 Å². The van der Waals surface area contributed by atoms with E-state index in [1.165, 1.54) is 47.9 Å². The summed E-state index contributed by atoms with van der Waals surface area (Å²) in [6, 6.07) is 20.0. The molecule has 2 aromatic carbocycles. The van der Waals surface area contributed by atoms with Crippen LogP contribution in [0.5, 0.6) is 0 Å². The van der Waals surface area contributed by atoms with Crippen molar-refractivity contribution in [3.05, 3.63) is 76.9 Å². The molecule has 22 heavy (non-hydrogen) atoms. The molecule has 0 aliphatic heterocycles. The second-order valence-corrected chi connectivity index (χ2v) is 6.47. The number of hydrogen-bond donors (Lipinski definition) is 0. The summed E-state index contributed by atoms with van der Waals surface area (Å²) in [6.45, 7) is 4.48. The van der Waals surface area contributed by atoms with Crippen LogP contribution in [0.3, 0.4) is 0 Å². The molecule has 0 nitrogen and oxygen atoms in total. The average Bonchev–Trinajstić information content (AvgIpc) is 3.08. The van der Waals surface area contributed by atoms with Crippen molar-refractivity contribution in [2.75, 3.05) is 0 Å². The fourth-order valence-corrected chi connectivity index (χ4v) is 3.81. The van der Waals surface area contributed by atoms with Crippen molar-refractivity contribution >= 4 is 5.57 Å². The molecule has 0 amide bonds. The highest BCUT2D eigenvalue weighted by molar-refractivity contribution is 5.82. The molecule has 0 spiro atoms. The van der Waals surface area contributed by atoms with E-state index >= 15 is 0 Å². The van der Waals surface area contributed by atoms with Crippen LogP contribution in [0.2, 0.25) is 0 Å². The lowest BCUT2D eigenvalue weighted by Gasteiger charge is -2.21. The van der Waals surface area contributed by atoms with Crippen LogP contribution in [-0.2, 0) is 0 Å². The highest BCUT2D eigenvalue weighted by atomic mass is 14.3. The first-order valence-corrected chi connectivity index (χ1v) is 8.65. The summed E-state index contributed by atoms with van der Waals surface area (Å²) < 4.78 is 0. The molecule has 114 valence electrons. The Balaban J connectivity index is 2.15. The summed E-state index contributed by atoms with van der Waals surface area (Å²) in [4.78, 5) is 0. The molecule has 1 saturated carbocycles. The molecular formula is C22H26. The molecular weight excluding hydrogens is 264 g/mol. The van der Waals surface area contributed by atoms with Crippen LogP contribution in [0.25, 0.3) is 5.57 Å². The van der Waals surface area contributed by atoms with Crippen molar-refractivity contribution in [3.63, 3.8) is 0 Å². The van der Waals surface area contributed by atoms with Gasteiger partial charge in [-0.1, -0.05) is 85.5 Å². The fraction of sp³-hybridized carbons (Fsp3) is 0.364. The average molecular weight is 290 g/mol. The zero-order valence-electron chi connectivity index (χ0n) is 13.8. The lowest BCUT2D eigenvalue weighted by atomic mass is 9.84. The summed E-state index contributed by atoms with van der Waals surface area (Å²) in [5.41, 5.74) is 7.22.